The van der Waals surface area contributed by atoms with Crippen LogP contribution in [0.1, 0.15) is 183 Å². The summed E-state index contributed by atoms with van der Waals surface area (Å²) in [5, 5.41) is 28.4. The van der Waals surface area contributed by atoms with Gasteiger partial charge in [0.15, 0.2) is 39.9 Å². The molecule has 0 saturated carbocycles. The lowest BCUT2D eigenvalue weighted by Gasteiger charge is -2.14. The van der Waals surface area contributed by atoms with Crippen molar-refractivity contribution in [3.05, 3.63) is 140 Å². The highest BCUT2D eigenvalue weighted by molar-refractivity contribution is 7.85. The van der Waals surface area contributed by atoms with Gasteiger partial charge in [0, 0.05) is 74.6 Å². The third kappa shape index (κ3) is 29.1. The Hall–Kier alpha value is -10.9. The molecular formula is C69H96Cl2N20O16S. The SMILES string of the molecule is CC(=O)O.COC(=O)CC(C)C(=O)Cl.COC(=O)CC(C)C(=O)N=c1c(C)ncc(C)n1N.COC(=O)CC(C)c1nc2c(C)ncc(C)n2n1.Cc1cc(C)c(S(=O)(=O)[O-])c(C)c1.Cc1ncc(C)[n+](N)c1N.Cc1ncc(C)n2nc(C(C)CC(=O)Cl)nc12.Cc1ncc(C)n2nc(C(C)CC(=O)O)nc12. The number of carbonyl (C=O) groups is 8. The Labute approximate surface area is 634 Å². The van der Waals surface area contributed by atoms with E-state index in [4.69, 9.17) is 55.6 Å². The molecule has 0 radical (unpaired) electrons. The number of ether oxygens (including phenoxy) is 3. The molecular weight excluding hydrogens is 1470 g/mol. The molecule has 5 unspecified atom stereocenters. The average molecular weight is 1560 g/mol. The number of nitrogens with two attached hydrogens (primary N) is 3. The van der Waals surface area contributed by atoms with Crippen LogP contribution < -0.4 is 27.6 Å². The van der Waals surface area contributed by atoms with Gasteiger partial charge in [-0.15, -0.1) is 4.68 Å². The standard InChI is InChI=1S/C12H18N4O3.C12H16N4O2.C11H13ClN4O.C11H14N4O2.C9H12O3S.C6H9ClO3.C6H10N4.C2H4O2/c1-7(5-10(17)19-4)12(18)15-11-9(3)14-6-8(2)16(11)13;1-7(5-10(17)18-4)11-14-12-9(3)13-6-8(2)16(12)15-11;1-6(4-9(12)17)10-14-11-8(3)13-5-7(2)16(11)15-10;1-6(4-9(16)17)10-13-11-8(3)12-5-7(2)15(11)14-10;1-6-4-7(2)9(8(3)5-6)13(10,11)12;1-4(6(7)9)3-5(8)10-2;1-4-3-9-5(2)6(7)10(4)8;1-2(3)4/h6-7H,5,13H2,1-4H3;6-7H,5H2,1-4H3;5-6H,4H2,1-3H3;5-6H,4H2,1-3H3,(H,16,17);4-5H,1-3H3,(H,10,11,12);4H,3H2,1-2H3;3,7H,8H2,1-2H3;1H3,(H,3,4). The van der Waals surface area contributed by atoms with Crippen LogP contribution in [0.25, 0.3) is 16.9 Å². The minimum atomic E-state index is -4.33. The topological polar surface area (TPSA) is 516 Å². The molecule has 1 amide bonds. The van der Waals surface area contributed by atoms with Crippen molar-refractivity contribution in [1.82, 2.24) is 73.4 Å². The zero-order valence-electron chi connectivity index (χ0n) is 64.6. The highest BCUT2D eigenvalue weighted by Gasteiger charge is 2.22. The van der Waals surface area contributed by atoms with Crippen LogP contribution in [0.15, 0.2) is 53.0 Å². The lowest BCUT2D eigenvalue weighted by molar-refractivity contribution is -0.631. The summed E-state index contributed by atoms with van der Waals surface area (Å²) in [5.74, 6) is 9.06. The van der Waals surface area contributed by atoms with Crippen LogP contribution in [-0.4, -0.2) is 164 Å². The van der Waals surface area contributed by atoms with Crippen LogP contribution in [0.2, 0.25) is 0 Å². The molecule has 8 aromatic heterocycles. The van der Waals surface area contributed by atoms with Gasteiger partial charge in [0.2, 0.25) is 10.5 Å². The Morgan fingerprint density at radius 1 is 0.546 bits per heavy atom. The first-order chi connectivity index (χ1) is 50.1. The van der Waals surface area contributed by atoms with Crippen molar-refractivity contribution in [2.45, 2.75) is 186 Å². The van der Waals surface area contributed by atoms with E-state index in [1.165, 1.54) is 30.7 Å². The molecule has 0 bridgehead atoms. The number of carboxylic acids is 2. The highest BCUT2D eigenvalue weighted by Crippen LogP contribution is 2.23. The number of aliphatic carboxylic acids is 2. The molecule has 108 heavy (non-hydrogen) atoms. The minimum Gasteiger partial charge on any atom is -0.744 e. The number of amides is 1. The van der Waals surface area contributed by atoms with Gasteiger partial charge in [-0.1, -0.05) is 52.3 Å². The maximum atomic E-state index is 11.9. The molecule has 0 saturated heterocycles. The van der Waals surface area contributed by atoms with Crippen LogP contribution in [0.5, 0.6) is 0 Å². The number of nitrogen functional groups attached to an aromatic ring is 3. The second-order valence-corrected chi connectivity index (χ2v) is 27.1. The quantitative estimate of drug-likeness (QED) is 0.0174. The van der Waals surface area contributed by atoms with Crippen molar-refractivity contribution in [2.75, 3.05) is 38.7 Å². The molecule has 588 valence electrons. The number of benzene rings is 1. The number of hydrogen-bond acceptors (Lipinski definition) is 28. The van der Waals surface area contributed by atoms with Crippen molar-refractivity contribution < 1.29 is 80.4 Å². The Balaban J connectivity index is 0.000000429. The third-order valence-electron chi connectivity index (χ3n) is 15.3. The molecule has 36 nitrogen and oxygen atoms in total. The van der Waals surface area contributed by atoms with E-state index in [1.54, 1.807) is 105 Å². The molecule has 0 aliphatic heterocycles. The van der Waals surface area contributed by atoms with Crippen LogP contribution in [0.3, 0.4) is 0 Å². The number of esters is 3. The number of aryl methyl sites for hydroxylation is 13. The molecule has 0 aliphatic carbocycles. The number of methoxy groups -OCH3 is 3. The lowest BCUT2D eigenvalue weighted by atomic mass is 10.1. The molecule has 0 spiro atoms. The van der Waals surface area contributed by atoms with Gasteiger partial charge in [0.1, 0.15) is 21.5 Å². The lowest BCUT2D eigenvalue weighted by Crippen LogP contribution is -2.50. The van der Waals surface area contributed by atoms with Crippen LogP contribution >= 0.6 is 23.2 Å². The largest absolute Gasteiger partial charge is 0.744 e. The van der Waals surface area contributed by atoms with Crippen molar-refractivity contribution in [3.8, 4) is 0 Å². The molecule has 1 aromatic carbocycles. The zero-order valence-corrected chi connectivity index (χ0v) is 66.9. The number of halogens is 2. The second kappa shape index (κ2) is 43.0. The first-order valence-electron chi connectivity index (χ1n) is 33.0. The first kappa shape index (κ1) is 93.2. The van der Waals surface area contributed by atoms with E-state index in [1.807, 2.05) is 76.2 Å². The molecule has 5 atom stereocenters. The Kier molecular flexibility index (Phi) is 37.1. The summed E-state index contributed by atoms with van der Waals surface area (Å²) >= 11 is 10.5. The van der Waals surface area contributed by atoms with Crippen molar-refractivity contribution in [3.63, 3.8) is 0 Å². The number of anilines is 1. The summed E-state index contributed by atoms with van der Waals surface area (Å²) in [7, 11) is -0.403. The third-order valence-corrected chi connectivity index (χ3v) is 16.9. The molecule has 0 fully saturated rings. The van der Waals surface area contributed by atoms with E-state index in [-0.39, 0.29) is 66.0 Å². The molecule has 0 aliphatic rings. The van der Waals surface area contributed by atoms with Crippen LogP contribution in [-0.2, 0) is 62.7 Å². The minimum absolute atomic E-state index is 0.0122. The smallest absolute Gasteiger partial charge is 0.317 e. The Bertz CT molecular complexity index is 4610. The summed E-state index contributed by atoms with van der Waals surface area (Å²) in [6.45, 7) is 33.5. The van der Waals surface area contributed by atoms with E-state index < -0.39 is 57.0 Å². The summed E-state index contributed by atoms with van der Waals surface area (Å²) in [6.07, 6.45) is 9.10. The van der Waals surface area contributed by atoms with Gasteiger partial charge in [0.25, 0.3) is 11.9 Å². The maximum absolute atomic E-state index is 11.9. The van der Waals surface area contributed by atoms with Crippen LogP contribution in [0, 0.1) is 102 Å². The van der Waals surface area contributed by atoms with Gasteiger partial charge in [-0.3, -0.25) is 69.9 Å². The van der Waals surface area contributed by atoms with Gasteiger partial charge in [-0.05, 0) is 117 Å². The number of fused-ring (bicyclic) bond motifs is 3. The molecule has 8 N–H and O–H groups in total. The molecule has 9 aromatic rings. The van der Waals surface area contributed by atoms with Gasteiger partial charge in [-0.2, -0.15) is 20.3 Å². The molecule has 9 rings (SSSR count). The van der Waals surface area contributed by atoms with Crippen molar-refractivity contribution >= 4 is 102 Å². The maximum Gasteiger partial charge on any atom is 0.317 e. The van der Waals surface area contributed by atoms with Crippen LogP contribution in [0.4, 0.5) is 5.82 Å². The second-order valence-electron chi connectivity index (χ2n) is 24.9. The summed E-state index contributed by atoms with van der Waals surface area (Å²) in [5.41, 5.74) is 18.0. The molecule has 8 heterocycles. The van der Waals surface area contributed by atoms with Crippen molar-refractivity contribution in [1.29, 1.82) is 0 Å². The number of carbonyl (C=O) groups excluding carboxylic acids is 6. The van der Waals surface area contributed by atoms with E-state index >= 15 is 0 Å². The molecule has 39 heteroatoms. The Morgan fingerprint density at radius 3 is 1.23 bits per heavy atom. The monoisotopic (exact) mass is 1560 g/mol. The fraction of sp³-hybridized carbons (Fsp3) is 0.464. The summed E-state index contributed by atoms with van der Waals surface area (Å²) in [4.78, 5) is 123. The number of rotatable bonds is 16. The fourth-order valence-electron chi connectivity index (χ4n) is 9.15. The first-order valence-corrected chi connectivity index (χ1v) is 35.2. The van der Waals surface area contributed by atoms with E-state index in [9.17, 15) is 46.5 Å². The van der Waals surface area contributed by atoms with E-state index in [0.717, 1.165) is 69.3 Å². The van der Waals surface area contributed by atoms with E-state index in [0.29, 0.717) is 56.9 Å². The highest BCUT2D eigenvalue weighted by atomic mass is 35.5. The predicted molar refractivity (Wildman–Crippen MR) is 396 cm³/mol. The fourth-order valence-corrected chi connectivity index (χ4v) is 10.4. The Morgan fingerprint density at radius 2 is 0.889 bits per heavy atom. The van der Waals surface area contributed by atoms with Gasteiger partial charge < -0.3 is 34.8 Å². The normalized spacial score (nSPS) is 12.2. The van der Waals surface area contributed by atoms with Gasteiger partial charge >= 0.3 is 29.7 Å². The average Bonchev–Trinajstić information content (AvgIpc) is 1.52. The summed E-state index contributed by atoms with van der Waals surface area (Å²) < 4.78 is 53.9. The number of carboxylic acid groups (broad SMARTS) is 2. The van der Waals surface area contributed by atoms with E-state index in [2.05, 4.69) is 74.4 Å². The number of aromatic nitrogens is 16. The van der Waals surface area contributed by atoms with Crippen molar-refractivity contribution in [2.24, 2.45) is 16.8 Å². The summed E-state index contributed by atoms with van der Waals surface area (Å²) in [6, 6.07) is 3.38. The number of nitrogens with zero attached hydrogens (tertiary/aromatic N) is 17. The number of hydrogen-bond donors (Lipinski definition) is 5. The predicted octanol–water partition coefficient (Wildman–Crippen LogP) is 6.41. The zero-order chi connectivity index (χ0) is 82.7. The van der Waals surface area contributed by atoms with Gasteiger partial charge in [0.05, 0.1) is 104 Å². The van der Waals surface area contributed by atoms with Gasteiger partial charge in [-0.25, -0.2) is 46.6 Å².